The fourth-order valence-corrected chi connectivity index (χ4v) is 5.48. The summed E-state index contributed by atoms with van der Waals surface area (Å²) < 4.78 is 0. The van der Waals surface area contributed by atoms with E-state index in [9.17, 15) is 19.2 Å². The quantitative estimate of drug-likeness (QED) is 0.313. The summed E-state index contributed by atoms with van der Waals surface area (Å²) in [5, 5.41) is 0. The summed E-state index contributed by atoms with van der Waals surface area (Å²) in [7, 11) is 3.69. The first-order valence-electron chi connectivity index (χ1n) is 13.6. The van der Waals surface area contributed by atoms with Gasteiger partial charge < -0.3 is 0 Å². The van der Waals surface area contributed by atoms with E-state index in [2.05, 4.69) is 0 Å². The first kappa shape index (κ1) is 30.4. The van der Waals surface area contributed by atoms with E-state index >= 15 is 0 Å². The molecule has 0 aromatic rings. The molecule has 0 aliphatic carbocycles. The van der Waals surface area contributed by atoms with Crippen LogP contribution in [-0.4, -0.2) is 92.6 Å². The molecular weight excluding hydrogens is 456 g/mol. The summed E-state index contributed by atoms with van der Waals surface area (Å²) in [6.07, 6.45) is 7.98. The molecular formula is C28H50N4O4. The topological polar surface area (TPSA) is 81.2 Å². The Kier molecular flexibility index (Phi) is 9.21. The van der Waals surface area contributed by atoms with E-state index in [1.54, 1.807) is 0 Å². The van der Waals surface area contributed by atoms with Gasteiger partial charge in [-0.3, -0.25) is 38.8 Å². The number of likely N-dealkylation sites (N-methyl/N-ethyl adjacent to an activating group) is 2. The van der Waals surface area contributed by atoms with Crippen molar-refractivity contribution in [1.29, 1.82) is 0 Å². The van der Waals surface area contributed by atoms with Gasteiger partial charge in [-0.15, -0.1) is 0 Å². The SMILES string of the molecule is CN1C(C)(C)C(=O)N(CCCCCCCCCCN2C(=O)C(C)(C)N(C)C(C)(C)C2=O)C(=O)C1(C)C. The Hall–Kier alpha value is -1.80. The summed E-state index contributed by atoms with van der Waals surface area (Å²) in [6, 6.07) is 0. The van der Waals surface area contributed by atoms with Gasteiger partial charge in [-0.25, -0.2) is 0 Å². The standard InChI is InChI=1S/C28H50N4O4/c1-25(2)21(33)31(22(34)26(3,4)29(25)9)19-17-15-13-11-12-14-16-18-20-32-23(35)27(5,6)30(10)28(7,8)24(32)36/h11-20H2,1-10H3. The van der Waals surface area contributed by atoms with Gasteiger partial charge in [-0.05, 0) is 82.3 Å². The van der Waals surface area contributed by atoms with Crippen LogP contribution < -0.4 is 0 Å². The Balaban J connectivity index is 1.66. The maximum absolute atomic E-state index is 12.9. The minimum absolute atomic E-state index is 0.113. The normalized spacial score (nSPS) is 24.1. The maximum Gasteiger partial charge on any atom is 0.249 e. The highest BCUT2D eigenvalue weighted by Crippen LogP contribution is 2.34. The van der Waals surface area contributed by atoms with Crippen LogP contribution >= 0.6 is 0 Å². The van der Waals surface area contributed by atoms with Crippen LogP contribution in [0.4, 0.5) is 0 Å². The number of rotatable bonds is 11. The average molecular weight is 507 g/mol. The van der Waals surface area contributed by atoms with Gasteiger partial charge in [-0.1, -0.05) is 38.5 Å². The number of unbranched alkanes of at least 4 members (excludes halogenated alkanes) is 7. The van der Waals surface area contributed by atoms with Crippen LogP contribution in [0.3, 0.4) is 0 Å². The Labute approximate surface area is 218 Å². The lowest BCUT2D eigenvalue weighted by molar-refractivity contribution is -0.173. The Morgan fingerprint density at radius 3 is 0.833 bits per heavy atom. The van der Waals surface area contributed by atoms with Crippen molar-refractivity contribution >= 4 is 23.6 Å². The van der Waals surface area contributed by atoms with E-state index in [4.69, 9.17) is 0 Å². The molecule has 0 atom stereocenters. The maximum atomic E-state index is 12.9. The number of amides is 4. The average Bonchev–Trinajstić information content (AvgIpc) is 2.80. The van der Waals surface area contributed by atoms with Gasteiger partial charge in [0.15, 0.2) is 0 Å². The first-order chi connectivity index (χ1) is 16.4. The molecule has 0 aromatic heterocycles. The molecule has 2 fully saturated rings. The Morgan fingerprint density at radius 1 is 0.417 bits per heavy atom. The highest BCUT2D eigenvalue weighted by Gasteiger charge is 2.54. The van der Waals surface area contributed by atoms with Crippen molar-refractivity contribution in [2.45, 2.75) is 129 Å². The zero-order valence-corrected chi connectivity index (χ0v) is 24.5. The van der Waals surface area contributed by atoms with Crippen molar-refractivity contribution in [3.8, 4) is 0 Å². The zero-order chi connectivity index (χ0) is 27.7. The van der Waals surface area contributed by atoms with Gasteiger partial charge in [0.1, 0.15) is 0 Å². The van der Waals surface area contributed by atoms with E-state index in [-0.39, 0.29) is 23.6 Å². The highest BCUT2D eigenvalue weighted by molar-refractivity contribution is 6.06. The summed E-state index contributed by atoms with van der Waals surface area (Å²) in [6.45, 7) is 16.0. The molecule has 2 aliphatic rings. The molecule has 0 saturated carbocycles. The fraction of sp³-hybridized carbons (Fsp3) is 0.857. The molecule has 8 heteroatoms. The lowest BCUT2D eigenvalue weighted by Crippen LogP contribution is -2.72. The van der Waals surface area contributed by atoms with Crippen molar-refractivity contribution in [2.24, 2.45) is 0 Å². The van der Waals surface area contributed by atoms with E-state index in [0.717, 1.165) is 51.4 Å². The molecule has 0 bridgehead atoms. The minimum Gasteiger partial charge on any atom is -0.279 e. The molecule has 0 N–H and O–H groups in total. The van der Waals surface area contributed by atoms with Gasteiger partial charge in [0.25, 0.3) is 0 Å². The largest absolute Gasteiger partial charge is 0.279 e. The lowest BCUT2D eigenvalue weighted by atomic mass is 9.86. The molecule has 0 aromatic carbocycles. The number of imide groups is 2. The summed E-state index contributed by atoms with van der Waals surface area (Å²) >= 11 is 0. The van der Waals surface area contributed by atoms with Crippen molar-refractivity contribution in [3.05, 3.63) is 0 Å². The van der Waals surface area contributed by atoms with Crippen molar-refractivity contribution in [2.75, 3.05) is 27.2 Å². The molecule has 4 amide bonds. The van der Waals surface area contributed by atoms with Crippen molar-refractivity contribution in [1.82, 2.24) is 19.6 Å². The first-order valence-corrected chi connectivity index (χ1v) is 13.6. The monoisotopic (exact) mass is 506 g/mol. The molecule has 0 unspecified atom stereocenters. The number of hydrogen-bond donors (Lipinski definition) is 0. The number of hydrogen-bond acceptors (Lipinski definition) is 6. The number of carbonyl (C=O) groups excluding carboxylic acids is 4. The number of carbonyl (C=O) groups is 4. The molecule has 2 heterocycles. The van der Waals surface area contributed by atoms with E-state index in [0.29, 0.717) is 13.1 Å². The predicted octanol–water partition coefficient (Wildman–Crippen LogP) is 3.82. The minimum atomic E-state index is -0.692. The van der Waals surface area contributed by atoms with Crippen molar-refractivity contribution in [3.63, 3.8) is 0 Å². The predicted molar refractivity (Wildman–Crippen MR) is 142 cm³/mol. The van der Waals surface area contributed by atoms with Crippen LogP contribution in [0.5, 0.6) is 0 Å². The van der Waals surface area contributed by atoms with Crippen LogP contribution in [0.15, 0.2) is 0 Å². The fourth-order valence-electron chi connectivity index (χ4n) is 5.48. The second-order valence-corrected chi connectivity index (χ2v) is 12.7. The molecule has 2 aliphatic heterocycles. The van der Waals surface area contributed by atoms with Crippen LogP contribution in [0.2, 0.25) is 0 Å². The third kappa shape index (κ3) is 5.54. The highest BCUT2D eigenvalue weighted by atomic mass is 16.2. The molecule has 8 nitrogen and oxygen atoms in total. The molecule has 0 spiro atoms. The Bertz CT molecular complexity index is 736. The third-order valence-electron chi connectivity index (χ3n) is 8.94. The molecule has 206 valence electrons. The summed E-state index contributed by atoms with van der Waals surface area (Å²) in [5.74, 6) is -0.450. The molecule has 36 heavy (non-hydrogen) atoms. The third-order valence-corrected chi connectivity index (χ3v) is 8.94. The smallest absolute Gasteiger partial charge is 0.249 e. The second kappa shape index (κ2) is 10.9. The molecule has 0 radical (unpaired) electrons. The van der Waals surface area contributed by atoms with Gasteiger partial charge in [-0.2, -0.15) is 0 Å². The van der Waals surface area contributed by atoms with Crippen molar-refractivity contribution < 1.29 is 19.2 Å². The van der Waals surface area contributed by atoms with E-state index in [1.807, 2.05) is 79.3 Å². The van der Waals surface area contributed by atoms with Gasteiger partial charge in [0.05, 0.1) is 22.2 Å². The van der Waals surface area contributed by atoms with Crippen LogP contribution in [0.25, 0.3) is 0 Å². The summed E-state index contributed by atoms with van der Waals surface area (Å²) in [4.78, 5) is 58.2. The zero-order valence-electron chi connectivity index (χ0n) is 24.5. The number of piperazine rings is 2. The van der Waals surface area contributed by atoms with Gasteiger partial charge in [0, 0.05) is 13.1 Å². The van der Waals surface area contributed by atoms with Gasteiger partial charge >= 0.3 is 0 Å². The van der Waals surface area contributed by atoms with Gasteiger partial charge in [0.2, 0.25) is 23.6 Å². The van der Waals surface area contributed by atoms with Crippen LogP contribution in [0, 0.1) is 0 Å². The van der Waals surface area contributed by atoms with E-state index < -0.39 is 22.2 Å². The van der Waals surface area contributed by atoms with Crippen LogP contribution in [0.1, 0.15) is 107 Å². The Morgan fingerprint density at radius 2 is 0.611 bits per heavy atom. The number of nitrogens with zero attached hydrogens (tertiary/aromatic N) is 4. The molecule has 2 rings (SSSR count). The second-order valence-electron chi connectivity index (χ2n) is 12.7. The van der Waals surface area contributed by atoms with E-state index in [1.165, 1.54) is 9.80 Å². The summed E-state index contributed by atoms with van der Waals surface area (Å²) in [5.41, 5.74) is -2.77. The lowest BCUT2D eigenvalue weighted by Gasteiger charge is -2.51. The molecule has 2 saturated heterocycles. The van der Waals surface area contributed by atoms with Crippen LogP contribution in [-0.2, 0) is 19.2 Å².